The van der Waals surface area contributed by atoms with Gasteiger partial charge in [-0.05, 0) is 31.2 Å². The number of amides is 1. The van der Waals surface area contributed by atoms with Gasteiger partial charge in [-0.3, -0.25) is 4.79 Å². The van der Waals surface area contributed by atoms with Crippen LogP contribution >= 0.6 is 34.4 Å². The summed E-state index contributed by atoms with van der Waals surface area (Å²) in [5.41, 5.74) is 0. The van der Waals surface area contributed by atoms with Crippen LogP contribution in [0.1, 0.15) is 28.8 Å². The molecule has 0 spiro atoms. The average Bonchev–Trinajstić information content (AvgIpc) is 3.16. The van der Waals surface area contributed by atoms with Crippen molar-refractivity contribution in [1.29, 1.82) is 0 Å². The van der Waals surface area contributed by atoms with Gasteiger partial charge in [0, 0.05) is 11.4 Å². The lowest BCUT2D eigenvalue weighted by molar-refractivity contribution is -0.129. The number of aromatic nitrogens is 2. The van der Waals surface area contributed by atoms with E-state index in [2.05, 4.69) is 27.7 Å². The number of carbonyl (C=O) groups excluding carboxylic acids is 1. The maximum absolute atomic E-state index is 12.4. The molecular weight excluding hydrogens is 310 g/mol. The second-order valence-corrected chi connectivity index (χ2v) is 8.02. The van der Waals surface area contributed by atoms with Crippen LogP contribution in [-0.2, 0) is 4.79 Å². The highest BCUT2D eigenvalue weighted by molar-refractivity contribution is 8.01. The Morgan fingerprint density at radius 2 is 2.45 bits per heavy atom. The summed E-state index contributed by atoms with van der Waals surface area (Å²) in [5.74, 6) is 0.662. The first-order valence-corrected chi connectivity index (χ1v) is 9.18. The Morgan fingerprint density at radius 3 is 3.15 bits per heavy atom. The molecule has 1 saturated heterocycles. The lowest BCUT2D eigenvalue weighted by Crippen LogP contribution is -2.31. The van der Waals surface area contributed by atoms with Crippen LogP contribution in [0.25, 0.3) is 0 Å². The Balaban J connectivity index is 1.61. The van der Waals surface area contributed by atoms with Gasteiger partial charge in [-0.2, -0.15) is 0 Å². The average molecular weight is 325 g/mol. The van der Waals surface area contributed by atoms with Crippen LogP contribution < -0.4 is 0 Å². The van der Waals surface area contributed by atoms with Gasteiger partial charge in [0.05, 0.1) is 11.8 Å². The zero-order chi connectivity index (χ0) is 13.9. The highest BCUT2D eigenvalue weighted by atomic mass is 32.2. The molecule has 1 aliphatic heterocycles. The van der Waals surface area contributed by atoms with Crippen LogP contribution in [0.5, 0.6) is 0 Å². The summed E-state index contributed by atoms with van der Waals surface area (Å²) in [5, 5.41) is 11.0. The molecule has 20 heavy (non-hydrogen) atoms. The van der Waals surface area contributed by atoms with Crippen LogP contribution in [0.15, 0.2) is 21.9 Å². The van der Waals surface area contributed by atoms with Crippen LogP contribution in [-0.4, -0.2) is 33.3 Å². The van der Waals surface area contributed by atoms with Crippen molar-refractivity contribution in [3.8, 4) is 0 Å². The van der Waals surface area contributed by atoms with E-state index in [1.54, 1.807) is 22.7 Å². The van der Waals surface area contributed by atoms with E-state index in [0.717, 1.165) is 28.7 Å². The monoisotopic (exact) mass is 325 g/mol. The Bertz CT molecular complexity index is 581. The summed E-state index contributed by atoms with van der Waals surface area (Å²) in [6, 6.07) is 4.46. The number of thioether (sulfide) groups is 1. The number of carbonyl (C=O) groups is 1. The van der Waals surface area contributed by atoms with Gasteiger partial charge in [-0.25, -0.2) is 0 Å². The van der Waals surface area contributed by atoms with Gasteiger partial charge in [0.2, 0.25) is 5.91 Å². The second-order valence-electron chi connectivity index (χ2n) is 4.64. The second kappa shape index (κ2) is 6.24. The molecular formula is C13H15N3OS3. The van der Waals surface area contributed by atoms with Crippen LogP contribution in [0, 0.1) is 6.92 Å². The Morgan fingerprint density at radius 1 is 1.55 bits per heavy atom. The zero-order valence-corrected chi connectivity index (χ0v) is 13.6. The molecule has 2 aromatic rings. The first kappa shape index (κ1) is 14.0. The van der Waals surface area contributed by atoms with Crippen LogP contribution in [0.2, 0.25) is 0 Å². The lowest BCUT2D eigenvalue weighted by Gasteiger charge is -2.23. The number of nitrogens with zero attached hydrogens (tertiary/aromatic N) is 3. The van der Waals surface area contributed by atoms with E-state index >= 15 is 0 Å². The van der Waals surface area contributed by atoms with Gasteiger partial charge >= 0.3 is 0 Å². The molecule has 1 atom stereocenters. The van der Waals surface area contributed by atoms with Crippen LogP contribution in [0.4, 0.5) is 0 Å². The van der Waals surface area contributed by atoms with Gasteiger partial charge in [-0.1, -0.05) is 29.2 Å². The van der Waals surface area contributed by atoms with Crippen molar-refractivity contribution < 1.29 is 4.79 Å². The third-order valence-electron chi connectivity index (χ3n) is 3.27. The first-order chi connectivity index (χ1) is 9.74. The topological polar surface area (TPSA) is 46.1 Å². The largest absolute Gasteiger partial charge is 0.334 e. The normalized spacial score (nSPS) is 18.6. The van der Waals surface area contributed by atoms with Crippen molar-refractivity contribution in [2.75, 3.05) is 12.3 Å². The van der Waals surface area contributed by atoms with E-state index in [-0.39, 0.29) is 11.9 Å². The fourth-order valence-electron chi connectivity index (χ4n) is 2.39. The van der Waals surface area contributed by atoms with Crippen molar-refractivity contribution >= 4 is 40.3 Å². The maximum atomic E-state index is 12.4. The predicted molar refractivity (Wildman–Crippen MR) is 83.4 cm³/mol. The van der Waals surface area contributed by atoms with Crippen molar-refractivity contribution in [1.82, 2.24) is 15.1 Å². The van der Waals surface area contributed by atoms with E-state index in [1.807, 2.05) is 11.8 Å². The molecule has 7 heteroatoms. The minimum atomic E-state index is 0.207. The summed E-state index contributed by atoms with van der Waals surface area (Å²) >= 11 is 4.77. The van der Waals surface area contributed by atoms with Gasteiger partial charge in [0.1, 0.15) is 5.01 Å². The first-order valence-electron chi connectivity index (χ1n) is 6.50. The van der Waals surface area contributed by atoms with Gasteiger partial charge in [-0.15, -0.1) is 21.5 Å². The van der Waals surface area contributed by atoms with Crippen LogP contribution in [0.3, 0.4) is 0 Å². The molecule has 0 aromatic carbocycles. The van der Waals surface area contributed by atoms with E-state index in [1.165, 1.54) is 16.6 Å². The molecule has 3 heterocycles. The zero-order valence-electron chi connectivity index (χ0n) is 11.1. The molecule has 0 N–H and O–H groups in total. The number of hydrogen-bond acceptors (Lipinski definition) is 6. The minimum absolute atomic E-state index is 0.207. The number of thiophene rings is 1. The Kier molecular flexibility index (Phi) is 4.38. The lowest BCUT2D eigenvalue weighted by atomic mass is 10.2. The molecule has 106 valence electrons. The molecule has 4 nitrogen and oxygen atoms in total. The summed E-state index contributed by atoms with van der Waals surface area (Å²) in [4.78, 5) is 15.7. The standard InChI is InChI=1S/C13H15N3OS3/c1-9-14-15-13(20-9)19-8-12(17)16-6-2-4-10(16)11-5-3-7-18-11/h3,5,7,10H,2,4,6,8H2,1H3. The molecule has 1 fully saturated rings. The van der Waals surface area contributed by atoms with Crippen molar-refractivity contribution in [3.63, 3.8) is 0 Å². The summed E-state index contributed by atoms with van der Waals surface area (Å²) in [6.07, 6.45) is 2.17. The molecule has 3 rings (SSSR count). The predicted octanol–water partition coefficient (Wildman–Crippen LogP) is 3.36. The molecule has 1 unspecified atom stereocenters. The molecule has 2 aromatic heterocycles. The maximum Gasteiger partial charge on any atom is 0.233 e. The van der Waals surface area contributed by atoms with Crippen molar-refractivity contribution in [2.45, 2.75) is 30.1 Å². The van der Waals surface area contributed by atoms with E-state index in [4.69, 9.17) is 0 Å². The van der Waals surface area contributed by atoms with Gasteiger partial charge in [0.25, 0.3) is 0 Å². The Hall–Kier alpha value is -0.920. The number of hydrogen-bond donors (Lipinski definition) is 0. The molecule has 0 radical (unpaired) electrons. The fourth-order valence-corrected chi connectivity index (χ4v) is 4.96. The van der Waals surface area contributed by atoms with E-state index in [9.17, 15) is 4.79 Å². The summed E-state index contributed by atoms with van der Waals surface area (Å²) in [6.45, 7) is 2.80. The molecule has 0 bridgehead atoms. The van der Waals surface area contributed by atoms with E-state index in [0.29, 0.717) is 5.75 Å². The minimum Gasteiger partial charge on any atom is -0.334 e. The number of rotatable bonds is 4. The smallest absolute Gasteiger partial charge is 0.233 e. The fraction of sp³-hybridized carbons (Fsp3) is 0.462. The molecule has 1 amide bonds. The van der Waals surface area contributed by atoms with Crippen molar-refractivity contribution in [3.05, 3.63) is 27.4 Å². The summed E-state index contributed by atoms with van der Waals surface area (Å²) < 4.78 is 0.878. The molecule has 0 aliphatic carbocycles. The number of likely N-dealkylation sites (tertiary alicyclic amines) is 1. The number of aryl methyl sites for hydroxylation is 1. The summed E-state index contributed by atoms with van der Waals surface area (Å²) in [7, 11) is 0. The van der Waals surface area contributed by atoms with Gasteiger partial charge in [0.15, 0.2) is 4.34 Å². The third-order valence-corrected chi connectivity index (χ3v) is 6.20. The SMILES string of the molecule is Cc1nnc(SCC(=O)N2CCCC2c2cccs2)s1. The third kappa shape index (κ3) is 3.05. The highest BCUT2D eigenvalue weighted by Gasteiger charge is 2.30. The Labute approximate surface area is 130 Å². The van der Waals surface area contributed by atoms with Crippen molar-refractivity contribution in [2.24, 2.45) is 0 Å². The van der Waals surface area contributed by atoms with Gasteiger partial charge < -0.3 is 4.90 Å². The molecule has 0 saturated carbocycles. The molecule has 1 aliphatic rings. The highest BCUT2D eigenvalue weighted by Crippen LogP contribution is 2.35. The quantitative estimate of drug-likeness (QED) is 0.809. The van der Waals surface area contributed by atoms with E-state index < -0.39 is 0 Å².